The molecule has 1 aromatic carbocycles. The van der Waals surface area contributed by atoms with Gasteiger partial charge >= 0.3 is 0 Å². The van der Waals surface area contributed by atoms with Crippen LogP contribution < -0.4 is 5.73 Å². The van der Waals surface area contributed by atoms with Crippen molar-refractivity contribution in [3.8, 4) is 0 Å². The van der Waals surface area contributed by atoms with E-state index in [1.807, 2.05) is 0 Å². The molecule has 3 atom stereocenters. The molecule has 2 nitrogen and oxygen atoms in total. The fourth-order valence-electron chi connectivity index (χ4n) is 3.08. The smallest absolute Gasteiger partial charge is 0.0558 e. The van der Waals surface area contributed by atoms with Gasteiger partial charge in [-0.1, -0.05) is 24.3 Å². The van der Waals surface area contributed by atoms with Crippen LogP contribution in [0.5, 0.6) is 0 Å². The molecular formula is C16H25NO. The first-order valence-electron chi connectivity index (χ1n) is 7.07. The Morgan fingerprint density at radius 2 is 2.17 bits per heavy atom. The van der Waals surface area contributed by atoms with E-state index in [2.05, 4.69) is 31.2 Å². The van der Waals surface area contributed by atoms with Crippen LogP contribution in [-0.4, -0.2) is 19.3 Å². The Balaban J connectivity index is 1.98. The predicted molar refractivity (Wildman–Crippen MR) is 75.8 cm³/mol. The lowest BCUT2D eigenvalue weighted by molar-refractivity contribution is 0.103. The Morgan fingerprint density at radius 1 is 1.39 bits per heavy atom. The van der Waals surface area contributed by atoms with E-state index in [-0.39, 0.29) is 12.1 Å². The zero-order valence-electron chi connectivity index (χ0n) is 11.6. The standard InChI is InChI=1S/C16H25NO/c1-12(18-2)10-15(17)11-14-8-5-7-13-6-3-4-9-16(13)14/h3-4,6,9,12,14-15H,5,7-8,10-11,17H2,1-2H3. The molecule has 2 rings (SSSR count). The second kappa shape index (κ2) is 6.35. The van der Waals surface area contributed by atoms with Crippen molar-refractivity contribution < 1.29 is 4.74 Å². The Hall–Kier alpha value is -0.860. The van der Waals surface area contributed by atoms with E-state index in [1.54, 1.807) is 7.11 Å². The van der Waals surface area contributed by atoms with Gasteiger partial charge in [-0.25, -0.2) is 0 Å². The second-order valence-corrected chi connectivity index (χ2v) is 5.57. The van der Waals surface area contributed by atoms with E-state index in [4.69, 9.17) is 10.5 Å². The van der Waals surface area contributed by atoms with Crippen molar-refractivity contribution in [3.63, 3.8) is 0 Å². The highest BCUT2D eigenvalue weighted by molar-refractivity contribution is 5.32. The molecule has 100 valence electrons. The molecule has 0 radical (unpaired) electrons. The molecule has 0 fully saturated rings. The first-order chi connectivity index (χ1) is 8.70. The fraction of sp³-hybridized carbons (Fsp3) is 0.625. The van der Waals surface area contributed by atoms with Gasteiger partial charge in [0.15, 0.2) is 0 Å². The molecule has 1 aromatic rings. The Bertz CT molecular complexity index is 377. The number of methoxy groups -OCH3 is 1. The lowest BCUT2D eigenvalue weighted by atomic mass is 9.79. The van der Waals surface area contributed by atoms with Crippen LogP contribution in [0.25, 0.3) is 0 Å². The van der Waals surface area contributed by atoms with Gasteiger partial charge in [0, 0.05) is 13.2 Å². The van der Waals surface area contributed by atoms with Gasteiger partial charge in [-0.2, -0.15) is 0 Å². The summed E-state index contributed by atoms with van der Waals surface area (Å²) in [6.45, 7) is 2.09. The molecule has 18 heavy (non-hydrogen) atoms. The van der Waals surface area contributed by atoms with Crippen molar-refractivity contribution in [2.45, 2.75) is 57.1 Å². The summed E-state index contributed by atoms with van der Waals surface area (Å²) in [5.41, 5.74) is 9.32. The fourth-order valence-corrected chi connectivity index (χ4v) is 3.08. The summed E-state index contributed by atoms with van der Waals surface area (Å²) >= 11 is 0. The van der Waals surface area contributed by atoms with E-state index in [1.165, 1.54) is 30.4 Å². The summed E-state index contributed by atoms with van der Waals surface area (Å²) in [6, 6.07) is 9.10. The minimum Gasteiger partial charge on any atom is -0.382 e. The molecule has 1 aliphatic rings. The molecule has 0 aliphatic heterocycles. The molecular weight excluding hydrogens is 222 g/mol. The van der Waals surface area contributed by atoms with Crippen molar-refractivity contribution >= 4 is 0 Å². The van der Waals surface area contributed by atoms with Gasteiger partial charge in [-0.15, -0.1) is 0 Å². The molecule has 0 spiro atoms. The van der Waals surface area contributed by atoms with Crippen molar-refractivity contribution in [2.75, 3.05) is 7.11 Å². The lowest BCUT2D eigenvalue weighted by Crippen LogP contribution is -2.28. The molecule has 2 heteroatoms. The summed E-state index contributed by atoms with van der Waals surface area (Å²) in [6.07, 6.45) is 6.12. The Morgan fingerprint density at radius 3 is 2.94 bits per heavy atom. The summed E-state index contributed by atoms with van der Waals surface area (Å²) < 4.78 is 5.30. The van der Waals surface area contributed by atoms with Gasteiger partial charge in [0.2, 0.25) is 0 Å². The average molecular weight is 247 g/mol. The average Bonchev–Trinajstić information content (AvgIpc) is 2.39. The van der Waals surface area contributed by atoms with Crippen molar-refractivity contribution in [3.05, 3.63) is 35.4 Å². The predicted octanol–water partition coefficient (Wildman–Crippen LogP) is 3.25. The van der Waals surface area contributed by atoms with Crippen LogP contribution in [0, 0.1) is 0 Å². The van der Waals surface area contributed by atoms with Gasteiger partial charge in [0.1, 0.15) is 0 Å². The third-order valence-corrected chi connectivity index (χ3v) is 4.12. The molecule has 0 saturated carbocycles. The van der Waals surface area contributed by atoms with Crippen molar-refractivity contribution in [1.82, 2.24) is 0 Å². The molecule has 2 N–H and O–H groups in total. The number of aryl methyl sites for hydroxylation is 1. The molecule has 0 heterocycles. The van der Waals surface area contributed by atoms with Crippen LogP contribution in [0.2, 0.25) is 0 Å². The number of benzene rings is 1. The number of hydrogen-bond donors (Lipinski definition) is 1. The van der Waals surface area contributed by atoms with E-state index in [0.717, 1.165) is 12.8 Å². The first kappa shape index (κ1) is 13.6. The highest BCUT2D eigenvalue weighted by Crippen LogP contribution is 2.34. The quantitative estimate of drug-likeness (QED) is 0.867. The minimum atomic E-state index is 0.246. The molecule has 0 saturated heterocycles. The second-order valence-electron chi connectivity index (χ2n) is 5.57. The van der Waals surface area contributed by atoms with Crippen molar-refractivity contribution in [2.24, 2.45) is 5.73 Å². The highest BCUT2D eigenvalue weighted by Gasteiger charge is 2.22. The van der Waals surface area contributed by atoms with Crippen LogP contribution in [0.15, 0.2) is 24.3 Å². The molecule has 0 bridgehead atoms. The summed E-state index contributed by atoms with van der Waals surface area (Å²) in [7, 11) is 1.76. The van der Waals surface area contributed by atoms with Crippen LogP contribution in [-0.2, 0) is 11.2 Å². The van der Waals surface area contributed by atoms with Crippen LogP contribution in [0.1, 0.15) is 49.7 Å². The summed E-state index contributed by atoms with van der Waals surface area (Å²) in [5.74, 6) is 0.647. The third-order valence-electron chi connectivity index (χ3n) is 4.12. The van der Waals surface area contributed by atoms with Crippen LogP contribution in [0.4, 0.5) is 0 Å². The molecule has 0 aromatic heterocycles. The molecule has 3 unspecified atom stereocenters. The number of rotatable bonds is 5. The molecule has 1 aliphatic carbocycles. The zero-order valence-corrected chi connectivity index (χ0v) is 11.6. The van der Waals surface area contributed by atoms with Crippen LogP contribution in [0.3, 0.4) is 0 Å². The van der Waals surface area contributed by atoms with Gasteiger partial charge in [-0.05, 0) is 56.1 Å². The maximum atomic E-state index is 6.26. The van der Waals surface area contributed by atoms with E-state index >= 15 is 0 Å². The number of nitrogens with two attached hydrogens (primary N) is 1. The lowest BCUT2D eigenvalue weighted by Gasteiger charge is -2.28. The topological polar surface area (TPSA) is 35.2 Å². The summed E-state index contributed by atoms with van der Waals surface area (Å²) in [5, 5.41) is 0. The third kappa shape index (κ3) is 3.33. The van der Waals surface area contributed by atoms with Crippen LogP contribution >= 0.6 is 0 Å². The Kier molecular flexibility index (Phi) is 4.79. The normalized spacial score (nSPS) is 22.3. The first-order valence-corrected chi connectivity index (χ1v) is 7.07. The van der Waals surface area contributed by atoms with Gasteiger partial charge < -0.3 is 10.5 Å². The monoisotopic (exact) mass is 247 g/mol. The number of fused-ring (bicyclic) bond motifs is 1. The SMILES string of the molecule is COC(C)CC(N)CC1CCCc2ccccc21. The van der Waals surface area contributed by atoms with Gasteiger partial charge in [-0.3, -0.25) is 0 Å². The number of ether oxygens (including phenoxy) is 1. The van der Waals surface area contributed by atoms with E-state index < -0.39 is 0 Å². The van der Waals surface area contributed by atoms with E-state index in [9.17, 15) is 0 Å². The number of hydrogen-bond acceptors (Lipinski definition) is 2. The Labute approximate surface area is 111 Å². The van der Waals surface area contributed by atoms with Crippen molar-refractivity contribution in [1.29, 1.82) is 0 Å². The van der Waals surface area contributed by atoms with Gasteiger partial charge in [0.25, 0.3) is 0 Å². The van der Waals surface area contributed by atoms with Gasteiger partial charge in [0.05, 0.1) is 6.10 Å². The zero-order chi connectivity index (χ0) is 13.0. The minimum absolute atomic E-state index is 0.246. The largest absolute Gasteiger partial charge is 0.382 e. The maximum Gasteiger partial charge on any atom is 0.0558 e. The maximum absolute atomic E-state index is 6.26. The van der Waals surface area contributed by atoms with E-state index in [0.29, 0.717) is 5.92 Å². The highest BCUT2D eigenvalue weighted by atomic mass is 16.5. The summed E-state index contributed by atoms with van der Waals surface area (Å²) in [4.78, 5) is 0. The molecule has 0 amide bonds.